The number of ether oxygens (including phenoxy) is 1. The van der Waals surface area contributed by atoms with E-state index in [1.54, 1.807) is 0 Å². The van der Waals surface area contributed by atoms with Crippen LogP contribution in [0.15, 0.2) is 0 Å². The average Bonchev–Trinajstić information content (AvgIpc) is 2.14. The third-order valence-corrected chi connectivity index (χ3v) is 2.73. The molecule has 0 aliphatic heterocycles. The molecule has 2 atom stereocenters. The molecule has 2 nitrogen and oxygen atoms in total. The number of hydrogen-bond acceptors (Lipinski definition) is 2. The Bertz CT molecular complexity index is 132. The summed E-state index contributed by atoms with van der Waals surface area (Å²) in [4.78, 5) is 0. The van der Waals surface area contributed by atoms with Crippen LogP contribution >= 0.6 is 0 Å². The van der Waals surface area contributed by atoms with Crippen molar-refractivity contribution >= 4 is 0 Å². The van der Waals surface area contributed by atoms with Crippen LogP contribution < -0.4 is 0 Å². The molecule has 0 spiro atoms. The molecule has 0 saturated carbocycles. The topological polar surface area (TPSA) is 29.5 Å². The van der Waals surface area contributed by atoms with Crippen molar-refractivity contribution in [3.8, 4) is 0 Å². The van der Waals surface area contributed by atoms with Gasteiger partial charge in [-0.2, -0.15) is 0 Å². The molecular weight excluding hydrogens is 176 g/mol. The lowest BCUT2D eigenvalue weighted by atomic mass is 9.95. The van der Waals surface area contributed by atoms with Gasteiger partial charge in [-0.05, 0) is 26.2 Å². The summed E-state index contributed by atoms with van der Waals surface area (Å²) in [6.45, 7) is 9.43. The number of aliphatic hydroxyl groups is 1. The molecule has 0 amide bonds. The van der Waals surface area contributed by atoms with Crippen molar-refractivity contribution in [2.75, 3.05) is 13.2 Å². The van der Waals surface area contributed by atoms with Crippen molar-refractivity contribution in [3.63, 3.8) is 0 Å². The van der Waals surface area contributed by atoms with Crippen LogP contribution in [0.5, 0.6) is 0 Å². The van der Waals surface area contributed by atoms with Crippen molar-refractivity contribution in [1.29, 1.82) is 0 Å². The molecule has 0 fully saturated rings. The maximum absolute atomic E-state index is 9.91. The van der Waals surface area contributed by atoms with Crippen LogP contribution in [0.3, 0.4) is 0 Å². The Labute approximate surface area is 88.7 Å². The summed E-state index contributed by atoms with van der Waals surface area (Å²) in [6, 6.07) is 0. The molecule has 2 heteroatoms. The highest BCUT2D eigenvalue weighted by Gasteiger charge is 2.19. The smallest absolute Gasteiger partial charge is 0.0852 e. The third kappa shape index (κ3) is 7.34. The van der Waals surface area contributed by atoms with Crippen LogP contribution in [0.25, 0.3) is 0 Å². The largest absolute Gasteiger partial charge is 0.388 e. The molecule has 0 aromatic carbocycles. The van der Waals surface area contributed by atoms with Crippen LogP contribution in [0.4, 0.5) is 0 Å². The van der Waals surface area contributed by atoms with Gasteiger partial charge in [0.15, 0.2) is 0 Å². The van der Waals surface area contributed by atoms with Crippen LogP contribution in [-0.4, -0.2) is 23.9 Å². The summed E-state index contributed by atoms with van der Waals surface area (Å²) in [6.07, 6.45) is 4.37. The van der Waals surface area contributed by atoms with Gasteiger partial charge in [0.1, 0.15) is 0 Å². The highest BCUT2D eigenvalue weighted by molar-refractivity contribution is 4.72. The van der Waals surface area contributed by atoms with Crippen LogP contribution in [0.1, 0.15) is 53.4 Å². The van der Waals surface area contributed by atoms with Crippen molar-refractivity contribution in [3.05, 3.63) is 0 Å². The molecule has 0 aromatic heterocycles. The number of hydrogen-bond donors (Lipinski definition) is 1. The summed E-state index contributed by atoms with van der Waals surface area (Å²) in [7, 11) is 0. The third-order valence-electron chi connectivity index (χ3n) is 2.73. The Hall–Kier alpha value is -0.0800. The fourth-order valence-electron chi connectivity index (χ4n) is 1.43. The average molecular weight is 202 g/mol. The first-order valence-corrected chi connectivity index (χ1v) is 5.82. The molecule has 0 saturated heterocycles. The Morgan fingerprint density at radius 1 is 1.36 bits per heavy atom. The molecule has 86 valence electrons. The van der Waals surface area contributed by atoms with E-state index in [0.717, 1.165) is 18.8 Å². The lowest BCUT2D eigenvalue weighted by Crippen LogP contribution is -2.30. The molecule has 0 radical (unpaired) electrons. The van der Waals surface area contributed by atoms with Gasteiger partial charge >= 0.3 is 0 Å². The van der Waals surface area contributed by atoms with Crippen molar-refractivity contribution in [2.24, 2.45) is 5.92 Å². The van der Waals surface area contributed by atoms with Crippen molar-refractivity contribution in [2.45, 2.75) is 59.0 Å². The SMILES string of the molecule is CCOCC(C)(O)CCCC(C)CC. The quantitative estimate of drug-likeness (QED) is 0.655. The Morgan fingerprint density at radius 2 is 2.00 bits per heavy atom. The van der Waals surface area contributed by atoms with E-state index in [9.17, 15) is 5.11 Å². The second-order valence-electron chi connectivity index (χ2n) is 4.54. The van der Waals surface area contributed by atoms with Gasteiger partial charge in [0, 0.05) is 6.61 Å². The molecule has 0 rings (SSSR count). The maximum atomic E-state index is 9.91. The highest BCUT2D eigenvalue weighted by atomic mass is 16.5. The fraction of sp³-hybridized carbons (Fsp3) is 1.00. The minimum atomic E-state index is -0.635. The second-order valence-corrected chi connectivity index (χ2v) is 4.54. The zero-order valence-corrected chi connectivity index (χ0v) is 10.2. The molecular formula is C12H26O2. The molecule has 0 aromatic rings. The highest BCUT2D eigenvalue weighted by Crippen LogP contribution is 2.18. The van der Waals surface area contributed by atoms with Gasteiger partial charge in [0.05, 0.1) is 12.2 Å². The molecule has 0 heterocycles. The van der Waals surface area contributed by atoms with Gasteiger partial charge in [-0.3, -0.25) is 0 Å². The Morgan fingerprint density at radius 3 is 2.50 bits per heavy atom. The zero-order valence-electron chi connectivity index (χ0n) is 10.2. The van der Waals surface area contributed by atoms with E-state index < -0.39 is 5.60 Å². The molecule has 2 unspecified atom stereocenters. The first-order chi connectivity index (χ1) is 6.52. The predicted molar refractivity (Wildman–Crippen MR) is 60.4 cm³/mol. The normalized spacial score (nSPS) is 17.8. The fourth-order valence-corrected chi connectivity index (χ4v) is 1.43. The van der Waals surface area contributed by atoms with Crippen molar-refractivity contribution in [1.82, 2.24) is 0 Å². The maximum Gasteiger partial charge on any atom is 0.0852 e. The van der Waals surface area contributed by atoms with Crippen LogP contribution in [0, 0.1) is 5.92 Å². The minimum absolute atomic E-state index is 0.462. The van der Waals surface area contributed by atoms with Gasteiger partial charge in [-0.15, -0.1) is 0 Å². The second kappa shape index (κ2) is 7.24. The summed E-state index contributed by atoms with van der Waals surface area (Å²) in [5, 5.41) is 9.91. The molecule has 1 N–H and O–H groups in total. The first-order valence-electron chi connectivity index (χ1n) is 5.82. The summed E-state index contributed by atoms with van der Waals surface area (Å²) >= 11 is 0. The van der Waals surface area contributed by atoms with Gasteiger partial charge in [0.25, 0.3) is 0 Å². The van der Waals surface area contributed by atoms with E-state index in [-0.39, 0.29) is 0 Å². The van der Waals surface area contributed by atoms with E-state index in [1.165, 1.54) is 12.8 Å². The van der Waals surface area contributed by atoms with Gasteiger partial charge in [0.2, 0.25) is 0 Å². The monoisotopic (exact) mass is 202 g/mol. The molecule has 0 bridgehead atoms. The lowest BCUT2D eigenvalue weighted by molar-refractivity contribution is -0.0373. The van der Waals surface area contributed by atoms with E-state index in [1.807, 2.05) is 13.8 Å². The summed E-state index contributed by atoms with van der Waals surface area (Å²) in [5.74, 6) is 0.776. The molecule has 14 heavy (non-hydrogen) atoms. The van der Waals surface area contributed by atoms with Crippen molar-refractivity contribution < 1.29 is 9.84 Å². The lowest BCUT2D eigenvalue weighted by Gasteiger charge is -2.23. The van der Waals surface area contributed by atoms with Gasteiger partial charge in [-0.25, -0.2) is 0 Å². The summed E-state index contributed by atoms with van der Waals surface area (Å²) in [5.41, 5.74) is -0.635. The molecule has 0 aliphatic rings. The van der Waals surface area contributed by atoms with E-state index in [2.05, 4.69) is 13.8 Å². The van der Waals surface area contributed by atoms with E-state index in [4.69, 9.17) is 4.74 Å². The van der Waals surface area contributed by atoms with E-state index in [0.29, 0.717) is 13.2 Å². The van der Waals surface area contributed by atoms with Gasteiger partial charge in [-0.1, -0.05) is 33.1 Å². The van der Waals surface area contributed by atoms with Crippen LogP contribution in [-0.2, 0) is 4.74 Å². The summed E-state index contributed by atoms with van der Waals surface area (Å²) < 4.78 is 5.23. The predicted octanol–water partition coefficient (Wildman–Crippen LogP) is 2.99. The van der Waals surface area contributed by atoms with Gasteiger partial charge < -0.3 is 9.84 Å². The number of rotatable bonds is 8. The zero-order chi connectivity index (χ0) is 11.0. The minimum Gasteiger partial charge on any atom is -0.388 e. The molecule has 0 aliphatic carbocycles. The Balaban J connectivity index is 3.54. The Kier molecular flexibility index (Phi) is 7.20. The van der Waals surface area contributed by atoms with E-state index >= 15 is 0 Å². The first kappa shape index (κ1) is 13.9. The standard InChI is InChI=1S/C12H26O2/c1-5-11(3)8-7-9-12(4,13)10-14-6-2/h11,13H,5-10H2,1-4H3. The van der Waals surface area contributed by atoms with Crippen LogP contribution in [0.2, 0.25) is 0 Å².